The zero-order valence-corrected chi connectivity index (χ0v) is 16.8. The Balaban J connectivity index is 1.51. The number of fused-ring (bicyclic) bond motifs is 1. The van der Waals surface area contributed by atoms with Crippen LogP contribution in [-0.4, -0.2) is 12.1 Å². The Morgan fingerprint density at radius 2 is 1.55 bits per heavy atom. The number of methoxy groups -OCH3 is 1. The second-order valence-corrected chi connectivity index (χ2v) is 7.08. The summed E-state index contributed by atoms with van der Waals surface area (Å²) in [5, 5.41) is 1.54. The van der Waals surface area contributed by atoms with E-state index in [0.717, 1.165) is 16.5 Å². The van der Waals surface area contributed by atoms with Crippen LogP contribution < -0.4 is 4.74 Å². The molecule has 0 spiro atoms. The Labute approximate surface area is 178 Å². The van der Waals surface area contributed by atoms with Crippen molar-refractivity contribution < 1.29 is 17.9 Å². The molecule has 0 N–H and O–H groups in total. The van der Waals surface area contributed by atoms with Crippen molar-refractivity contribution in [2.45, 2.75) is 12.8 Å². The molecule has 0 aliphatic carbocycles. The van der Waals surface area contributed by atoms with Crippen LogP contribution in [-0.2, 0) is 12.8 Å². The summed E-state index contributed by atoms with van der Waals surface area (Å²) < 4.78 is 47.4. The lowest BCUT2D eigenvalue weighted by molar-refractivity contribution is 0.412. The second kappa shape index (κ2) is 8.93. The van der Waals surface area contributed by atoms with E-state index in [0.29, 0.717) is 29.7 Å². The number of nitrogens with zero attached hydrogens (tertiary/aromatic N) is 1. The van der Waals surface area contributed by atoms with Gasteiger partial charge in [0.1, 0.15) is 23.2 Å². The van der Waals surface area contributed by atoms with Gasteiger partial charge in [0, 0.05) is 11.3 Å². The SMILES string of the molecule is COc1ccc(CCc2cc(F)c(C#Cc3ccc4cc(F)ccc4c3)c(F)c2)nc1. The molecule has 0 fully saturated rings. The highest BCUT2D eigenvalue weighted by molar-refractivity contribution is 5.84. The Morgan fingerprint density at radius 1 is 0.806 bits per heavy atom. The van der Waals surface area contributed by atoms with E-state index in [4.69, 9.17) is 4.74 Å². The second-order valence-electron chi connectivity index (χ2n) is 7.08. The molecule has 2 nitrogen and oxygen atoms in total. The summed E-state index contributed by atoms with van der Waals surface area (Å²) in [6.07, 6.45) is 2.60. The number of rotatable bonds is 4. The number of halogens is 3. The van der Waals surface area contributed by atoms with Crippen LogP contribution in [0.4, 0.5) is 13.2 Å². The molecule has 0 saturated carbocycles. The average Bonchev–Trinajstić information content (AvgIpc) is 2.77. The van der Waals surface area contributed by atoms with Crippen molar-refractivity contribution >= 4 is 10.8 Å². The topological polar surface area (TPSA) is 22.1 Å². The minimum absolute atomic E-state index is 0.273. The van der Waals surface area contributed by atoms with Gasteiger partial charge < -0.3 is 4.74 Å². The Bertz CT molecular complexity index is 1280. The van der Waals surface area contributed by atoms with Gasteiger partial charge in [-0.3, -0.25) is 4.98 Å². The smallest absolute Gasteiger partial charge is 0.142 e. The lowest BCUT2D eigenvalue weighted by Gasteiger charge is -2.05. The van der Waals surface area contributed by atoms with Crippen molar-refractivity contribution in [3.8, 4) is 17.6 Å². The van der Waals surface area contributed by atoms with Gasteiger partial charge in [0.15, 0.2) is 0 Å². The third kappa shape index (κ3) is 4.87. The standard InChI is InChI=1S/C26H18F3NO/c1-31-23-10-9-22(30-16-23)8-3-18-13-25(28)24(26(29)14-18)11-4-17-2-5-20-15-21(27)7-6-19(20)12-17/h2,5-7,9-10,12-16H,3,8H2,1H3. The fraction of sp³-hybridized carbons (Fsp3) is 0.115. The van der Waals surface area contributed by atoms with Crippen LogP contribution in [0.25, 0.3) is 10.8 Å². The molecule has 0 atom stereocenters. The molecule has 0 radical (unpaired) electrons. The normalized spacial score (nSPS) is 10.6. The van der Waals surface area contributed by atoms with Gasteiger partial charge >= 0.3 is 0 Å². The molecular formula is C26H18F3NO. The molecular weight excluding hydrogens is 399 g/mol. The van der Waals surface area contributed by atoms with Crippen molar-refractivity contribution in [2.24, 2.45) is 0 Å². The van der Waals surface area contributed by atoms with Crippen LogP contribution in [0.2, 0.25) is 0 Å². The Hall–Kier alpha value is -3.78. The van der Waals surface area contributed by atoms with Crippen LogP contribution in [0.3, 0.4) is 0 Å². The summed E-state index contributed by atoms with van der Waals surface area (Å²) >= 11 is 0. The van der Waals surface area contributed by atoms with Crippen molar-refractivity contribution in [1.29, 1.82) is 0 Å². The van der Waals surface area contributed by atoms with Crippen LogP contribution in [0.5, 0.6) is 5.75 Å². The highest BCUT2D eigenvalue weighted by atomic mass is 19.1. The van der Waals surface area contributed by atoms with E-state index in [1.165, 1.54) is 24.3 Å². The largest absolute Gasteiger partial charge is 0.495 e. The highest BCUT2D eigenvalue weighted by Crippen LogP contribution is 2.19. The van der Waals surface area contributed by atoms with Gasteiger partial charge in [0.25, 0.3) is 0 Å². The average molecular weight is 417 g/mol. The molecule has 154 valence electrons. The number of aromatic nitrogens is 1. The van der Waals surface area contributed by atoms with Crippen LogP contribution >= 0.6 is 0 Å². The Morgan fingerprint density at radius 3 is 2.26 bits per heavy atom. The number of ether oxygens (including phenoxy) is 1. The quantitative estimate of drug-likeness (QED) is 0.389. The van der Waals surface area contributed by atoms with Gasteiger partial charge in [0.05, 0.1) is 18.9 Å². The van der Waals surface area contributed by atoms with Gasteiger partial charge in [-0.05, 0) is 77.7 Å². The molecule has 5 heteroatoms. The zero-order chi connectivity index (χ0) is 21.8. The molecule has 0 bridgehead atoms. The molecule has 4 rings (SSSR count). The first-order chi connectivity index (χ1) is 15.0. The summed E-state index contributed by atoms with van der Waals surface area (Å²) in [4.78, 5) is 4.26. The molecule has 1 aromatic heterocycles. The van der Waals surface area contributed by atoms with Gasteiger partial charge in [-0.2, -0.15) is 0 Å². The van der Waals surface area contributed by atoms with E-state index < -0.39 is 11.6 Å². The van der Waals surface area contributed by atoms with Crippen molar-refractivity contribution in [2.75, 3.05) is 7.11 Å². The van der Waals surface area contributed by atoms with Gasteiger partial charge in [-0.1, -0.05) is 24.0 Å². The molecule has 0 aliphatic heterocycles. The minimum Gasteiger partial charge on any atom is -0.495 e. The van der Waals surface area contributed by atoms with Gasteiger partial charge in [0.2, 0.25) is 0 Å². The third-order valence-electron chi connectivity index (χ3n) is 4.94. The lowest BCUT2D eigenvalue weighted by atomic mass is 10.0. The number of hydrogen-bond acceptors (Lipinski definition) is 2. The summed E-state index contributed by atoms with van der Waals surface area (Å²) in [5.74, 6) is 4.31. The first kappa shape index (κ1) is 20.5. The van der Waals surface area contributed by atoms with Gasteiger partial charge in [-0.15, -0.1) is 0 Å². The zero-order valence-electron chi connectivity index (χ0n) is 16.8. The first-order valence-electron chi connectivity index (χ1n) is 9.70. The van der Waals surface area contributed by atoms with E-state index in [1.54, 1.807) is 43.6 Å². The molecule has 0 saturated heterocycles. The van der Waals surface area contributed by atoms with Gasteiger partial charge in [-0.25, -0.2) is 13.2 Å². The van der Waals surface area contributed by atoms with Crippen molar-refractivity contribution in [1.82, 2.24) is 4.98 Å². The number of pyridine rings is 1. The van der Waals surface area contributed by atoms with E-state index in [-0.39, 0.29) is 11.4 Å². The maximum absolute atomic E-state index is 14.5. The fourth-order valence-corrected chi connectivity index (χ4v) is 3.27. The van der Waals surface area contributed by atoms with E-state index >= 15 is 0 Å². The lowest BCUT2D eigenvalue weighted by Crippen LogP contribution is -1.99. The maximum Gasteiger partial charge on any atom is 0.142 e. The predicted molar refractivity (Wildman–Crippen MR) is 114 cm³/mol. The monoisotopic (exact) mass is 417 g/mol. The number of benzene rings is 3. The summed E-state index contributed by atoms with van der Waals surface area (Å²) in [7, 11) is 1.56. The molecule has 0 unspecified atom stereocenters. The molecule has 0 aliphatic rings. The predicted octanol–water partition coefficient (Wildman–Crippen LogP) is 5.85. The summed E-state index contributed by atoms with van der Waals surface area (Å²) in [6.45, 7) is 0. The summed E-state index contributed by atoms with van der Waals surface area (Å²) in [5.41, 5.74) is 1.66. The third-order valence-corrected chi connectivity index (χ3v) is 4.94. The van der Waals surface area contributed by atoms with Crippen LogP contribution in [0.1, 0.15) is 22.4 Å². The number of hydrogen-bond donors (Lipinski definition) is 0. The Kier molecular flexibility index (Phi) is 5.90. The minimum atomic E-state index is -0.701. The van der Waals surface area contributed by atoms with E-state index in [2.05, 4.69) is 16.8 Å². The fourth-order valence-electron chi connectivity index (χ4n) is 3.27. The molecule has 31 heavy (non-hydrogen) atoms. The van der Waals surface area contributed by atoms with Crippen LogP contribution in [0, 0.1) is 29.3 Å². The van der Waals surface area contributed by atoms with E-state index in [1.807, 2.05) is 6.07 Å². The van der Waals surface area contributed by atoms with Crippen molar-refractivity contribution in [3.63, 3.8) is 0 Å². The van der Waals surface area contributed by atoms with Crippen LogP contribution in [0.15, 0.2) is 66.9 Å². The molecule has 3 aromatic carbocycles. The van der Waals surface area contributed by atoms with E-state index in [9.17, 15) is 13.2 Å². The molecule has 4 aromatic rings. The molecule has 1 heterocycles. The summed E-state index contributed by atoms with van der Waals surface area (Å²) in [6, 6.07) is 15.8. The number of aryl methyl sites for hydroxylation is 2. The maximum atomic E-state index is 14.5. The highest BCUT2D eigenvalue weighted by Gasteiger charge is 2.10. The first-order valence-corrected chi connectivity index (χ1v) is 9.70. The molecule has 0 amide bonds. The van der Waals surface area contributed by atoms with Crippen molar-refractivity contribution in [3.05, 3.63) is 107 Å².